The van der Waals surface area contributed by atoms with Crippen LogP contribution in [0.5, 0.6) is 5.75 Å². The lowest BCUT2D eigenvalue weighted by atomic mass is 9.87. The second-order valence-electron chi connectivity index (χ2n) is 8.00. The fourth-order valence-electron chi connectivity index (χ4n) is 2.59. The van der Waals surface area contributed by atoms with Crippen molar-refractivity contribution in [3.63, 3.8) is 0 Å². The number of halogens is 3. The third-order valence-corrected chi connectivity index (χ3v) is 5.82. The van der Waals surface area contributed by atoms with Crippen molar-refractivity contribution in [1.29, 1.82) is 0 Å². The van der Waals surface area contributed by atoms with Crippen LogP contribution in [0.25, 0.3) is 0 Å². The number of carbonyl (C=O) groups excluding carboxylic acids is 2. The molecule has 0 aliphatic rings. The molecule has 0 heterocycles. The van der Waals surface area contributed by atoms with Gasteiger partial charge >= 0.3 is 6.36 Å². The molecule has 0 unspecified atom stereocenters. The van der Waals surface area contributed by atoms with Gasteiger partial charge in [0.05, 0.1) is 4.90 Å². The van der Waals surface area contributed by atoms with E-state index in [0.29, 0.717) is 5.56 Å². The number of nitrogens with one attached hydrogen (secondary N) is 3. The van der Waals surface area contributed by atoms with Gasteiger partial charge in [0.15, 0.2) is 0 Å². The molecule has 0 saturated carbocycles. The molecule has 0 atom stereocenters. The number of hydrogen-bond donors (Lipinski definition) is 3. The predicted octanol–water partition coefficient (Wildman–Crippen LogP) is 3.01. The first-order valence-corrected chi connectivity index (χ1v) is 11.2. The second kappa shape index (κ2) is 10.2. The molecule has 33 heavy (non-hydrogen) atoms. The summed E-state index contributed by atoms with van der Waals surface area (Å²) in [6, 6.07) is 10.5. The van der Waals surface area contributed by atoms with E-state index in [2.05, 4.69) is 20.3 Å². The maximum absolute atomic E-state index is 12.2. The minimum Gasteiger partial charge on any atom is -0.406 e. The van der Waals surface area contributed by atoms with Crippen molar-refractivity contribution in [3.8, 4) is 5.75 Å². The first-order chi connectivity index (χ1) is 15.2. The van der Waals surface area contributed by atoms with Crippen LogP contribution in [0, 0.1) is 0 Å². The zero-order chi connectivity index (χ0) is 24.9. The van der Waals surface area contributed by atoms with Gasteiger partial charge in [-0.25, -0.2) is 13.1 Å². The summed E-state index contributed by atoms with van der Waals surface area (Å²) in [5.74, 6) is -1.75. The molecule has 0 aromatic heterocycles. The smallest absolute Gasteiger partial charge is 0.406 e. The maximum atomic E-state index is 12.2. The van der Waals surface area contributed by atoms with E-state index in [0.717, 1.165) is 29.8 Å². The fourth-order valence-corrected chi connectivity index (χ4v) is 3.62. The van der Waals surface area contributed by atoms with Crippen molar-refractivity contribution in [3.05, 3.63) is 59.7 Å². The van der Waals surface area contributed by atoms with Crippen LogP contribution in [0.15, 0.2) is 53.4 Å². The number of alkyl halides is 3. The molecule has 2 amide bonds. The van der Waals surface area contributed by atoms with Crippen molar-refractivity contribution in [2.75, 3.05) is 6.54 Å². The molecule has 0 bridgehead atoms. The molecular weight excluding hydrogens is 463 g/mol. The number of sulfonamides is 1. The average Bonchev–Trinajstić information content (AvgIpc) is 2.70. The van der Waals surface area contributed by atoms with Crippen LogP contribution in [0.2, 0.25) is 0 Å². The van der Waals surface area contributed by atoms with E-state index >= 15 is 0 Å². The van der Waals surface area contributed by atoms with Crippen LogP contribution in [0.1, 0.15) is 43.1 Å². The summed E-state index contributed by atoms with van der Waals surface area (Å²) in [6.45, 7) is 5.81. The number of hydrazine groups is 1. The Kier molecular flexibility index (Phi) is 8.09. The number of ether oxygens (including phenoxy) is 1. The highest BCUT2D eigenvalue weighted by atomic mass is 32.2. The van der Waals surface area contributed by atoms with Crippen LogP contribution < -0.4 is 20.3 Å². The van der Waals surface area contributed by atoms with E-state index < -0.39 is 33.9 Å². The Labute approximate surface area is 189 Å². The lowest BCUT2D eigenvalue weighted by molar-refractivity contribution is -0.274. The minimum absolute atomic E-state index is 0.0740. The van der Waals surface area contributed by atoms with E-state index in [9.17, 15) is 31.2 Å². The molecule has 0 fully saturated rings. The molecule has 0 saturated heterocycles. The standard InChI is InChI=1S/C21H24F3N3O5S/c1-20(2,3)15-6-4-14(5-7-15)19(29)27-26-18(28)12-13-25-33(30,31)17-10-8-16(9-11-17)32-21(22,23)24/h4-11,25H,12-13H2,1-3H3,(H,26,28)(H,27,29). The van der Waals surface area contributed by atoms with E-state index in [4.69, 9.17) is 0 Å². The zero-order valence-corrected chi connectivity index (χ0v) is 18.9. The van der Waals surface area contributed by atoms with Gasteiger partial charge in [-0.05, 0) is 47.4 Å². The Hall–Kier alpha value is -3.12. The molecule has 3 N–H and O–H groups in total. The third-order valence-electron chi connectivity index (χ3n) is 4.34. The Morgan fingerprint density at radius 2 is 1.48 bits per heavy atom. The highest BCUT2D eigenvalue weighted by Crippen LogP contribution is 2.24. The van der Waals surface area contributed by atoms with Crippen LogP contribution in [0.3, 0.4) is 0 Å². The molecule has 180 valence electrons. The summed E-state index contributed by atoms with van der Waals surface area (Å²) in [5.41, 5.74) is 5.73. The molecule has 0 spiro atoms. The van der Waals surface area contributed by atoms with Gasteiger partial charge < -0.3 is 4.74 Å². The maximum Gasteiger partial charge on any atom is 0.573 e. The van der Waals surface area contributed by atoms with Crippen molar-refractivity contribution in [2.24, 2.45) is 0 Å². The van der Waals surface area contributed by atoms with Crippen LogP contribution in [-0.2, 0) is 20.2 Å². The molecule has 0 aliphatic heterocycles. The molecule has 2 aromatic carbocycles. The SMILES string of the molecule is CC(C)(C)c1ccc(C(=O)NNC(=O)CCNS(=O)(=O)c2ccc(OC(F)(F)F)cc2)cc1. The highest BCUT2D eigenvalue weighted by Gasteiger charge is 2.31. The summed E-state index contributed by atoms with van der Waals surface area (Å²) >= 11 is 0. The summed E-state index contributed by atoms with van der Waals surface area (Å²) in [7, 11) is -4.06. The lowest BCUT2D eigenvalue weighted by Crippen LogP contribution is -2.42. The van der Waals surface area contributed by atoms with Gasteiger partial charge in [-0.3, -0.25) is 20.4 Å². The molecule has 2 aromatic rings. The van der Waals surface area contributed by atoms with Gasteiger partial charge in [-0.2, -0.15) is 0 Å². The third kappa shape index (κ3) is 8.39. The first-order valence-electron chi connectivity index (χ1n) is 9.72. The Morgan fingerprint density at radius 3 is 2.00 bits per heavy atom. The Morgan fingerprint density at radius 1 is 0.909 bits per heavy atom. The number of amides is 2. The number of carbonyl (C=O) groups is 2. The molecule has 8 nitrogen and oxygen atoms in total. The van der Waals surface area contributed by atoms with Gasteiger partial charge in [-0.1, -0.05) is 32.9 Å². The number of benzene rings is 2. The van der Waals surface area contributed by atoms with Crippen molar-refractivity contribution < 1.29 is 35.9 Å². The number of rotatable bonds is 7. The first kappa shape index (κ1) is 26.1. The summed E-state index contributed by atoms with van der Waals surface area (Å²) < 4.78 is 66.7. The van der Waals surface area contributed by atoms with Gasteiger partial charge in [0.1, 0.15) is 5.75 Å². The van der Waals surface area contributed by atoms with Gasteiger partial charge in [0.2, 0.25) is 15.9 Å². The normalized spacial score (nSPS) is 12.2. The van der Waals surface area contributed by atoms with Crippen molar-refractivity contribution in [2.45, 2.75) is 43.9 Å². The topological polar surface area (TPSA) is 114 Å². The summed E-state index contributed by atoms with van der Waals surface area (Å²) in [4.78, 5) is 23.7. The second-order valence-corrected chi connectivity index (χ2v) is 9.76. The van der Waals surface area contributed by atoms with Gasteiger partial charge in [-0.15, -0.1) is 13.2 Å². The van der Waals surface area contributed by atoms with Crippen molar-refractivity contribution in [1.82, 2.24) is 15.6 Å². The quantitative estimate of drug-likeness (QED) is 0.520. The van der Waals surface area contributed by atoms with E-state index in [1.165, 1.54) is 0 Å². The molecular formula is C21H24F3N3O5S. The zero-order valence-electron chi connectivity index (χ0n) is 18.1. The molecule has 0 radical (unpaired) electrons. The monoisotopic (exact) mass is 487 g/mol. The van der Waals surface area contributed by atoms with Gasteiger partial charge in [0, 0.05) is 18.5 Å². The van der Waals surface area contributed by atoms with Crippen LogP contribution >= 0.6 is 0 Å². The molecule has 12 heteroatoms. The average molecular weight is 488 g/mol. The van der Waals surface area contributed by atoms with Gasteiger partial charge in [0.25, 0.3) is 5.91 Å². The van der Waals surface area contributed by atoms with E-state index in [1.807, 2.05) is 32.9 Å². The summed E-state index contributed by atoms with van der Waals surface area (Å²) in [6.07, 6.45) is -5.19. The van der Waals surface area contributed by atoms with Crippen LogP contribution in [-0.4, -0.2) is 33.1 Å². The largest absolute Gasteiger partial charge is 0.573 e. The van der Waals surface area contributed by atoms with Crippen molar-refractivity contribution >= 4 is 21.8 Å². The predicted molar refractivity (Wildman–Crippen MR) is 114 cm³/mol. The Balaban J connectivity index is 1.80. The lowest BCUT2D eigenvalue weighted by Gasteiger charge is -2.19. The number of hydrogen-bond acceptors (Lipinski definition) is 5. The Bertz CT molecular complexity index is 1080. The molecule has 0 aliphatic carbocycles. The summed E-state index contributed by atoms with van der Waals surface area (Å²) in [5, 5.41) is 0. The highest BCUT2D eigenvalue weighted by molar-refractivity contribution is 7.89. The molecule has 2 rings (SSSR count). The fraction of sp³-hybridized carbons (Fsp3) is 0.333. The minimum atomic E-state index is -4.89. The van der Waals surface area contributed by atoms with E-state index in [-0.39, 0.29) is 23.3 Å². The van der Waals surface area contributed by atoms with Crippen LogP contribution in [0.4, 0.5) is 13.2 Å². The van der Waals surface area contributed by atoms with E-state index in [1.54, 1.807) is 12.1 Å².